The van der Waals surface area contributed by atoms with Crippen molar-refractivity contribution in [1.82, 2.24) is 9.88 Å². The van der Waals surface area contributed by atoms with Crippen molar-refractivity contribution in [2.75, 3.05) is 11.9 Å². The number of aromatic nitrogens is 1. The molecule has 4 aromatic rings. The van der Waals surface area contributed by atoms with Crippen LogP contribution in [-0.2, 0) is 6.42 Å². The Morgan fingerprint density at radius 3 is 2.71 bits per heavy atom. The van der Waals surface area contributed by atoms with E-state index < -0.39 is 6.04 Å². The zero-order chi connectivity index (χ0) is 21.5. The third-order valence-corrected chi connectivity index (χ3v) is 6.41. The quantitative estimate of drug-likeness (QED) is 0.375. The maximum Gasteiger partial charge on any atom is 0.322 e. The van der Waals surface area contributed by atoms with Gasteiger partial charge >= 0.3 is 6.03 Å². The molecule has 0 saturated carbocycles. The largest absolute Gasteiger partial charge is 0.356 e. The lowest BCUT2D eigenvalue weighted by Gasteiger charge is -2.36. The van der Waals surface area contributed by atoms with Crippen LogP contribution in [0.5, 0.6) is 0 Å². The number of aromatic amines is 1. The molecule has 0 radical (unpaired) electrons. The maximum absolute atomic E-state index is 14.9. The summed E-state index contributed by atoms with van der Waals surface area (Å²) in [6.07, 6.45) is 0.687. The Morgan fingerprint density at radius 1 is 1.10 bits per heavy atom. The Labute approximate surface area is 184 Å². The van der Waals surface area contributed by atoms with Gasteiger partial charge in [0.25, 0.3) is 0 Å². The number of rotatable bonds is 2. The Hall–Kier alpha value is -3.31. The number of nitrogens with one attached hydrogen (secondary N) is 2. The SMILES string of the molecule is Cc1c(Cl)cccc1NC(=O)N1CCc2c([nH]c3ccccc23)C1c1ccccc1F. The highest BCUT2D eigenvalue weighted by molar-refractivity contribution is 6.31. The molecule has 2 N–H and O–H groups in total. The lowest BCUT2D eigenvalue weighted by atomic mass is 9.92. The number of nitrogens with zero attached hydrogens (tertiary/aromatic N) is 1. The monoisotopic (exact) mass is 433 g/mol. The Kier molecular flexibility index (Phi) is 4.91. The molecule has 0 fully saturated rings. The van der Waals surface area contributed by atoms with Crippen LogP contribution in [0.25, 0.3) is 10.9 Å². The molecule has 5 rings (SSSR count). The summed E-state index contributed by atoms with van der Waals surface area (Å²) in [7, 11) is 0. The second-order valence-electron chi connectivity index (χ2n) is 7.77. The van der Waals surface area contributed by atoms with E-state index in [1.54, 1.807) is 35.2 Å². The molecular formula is C25H21ClFN3O. The first-order valence-electron chi connectivity index (χ1n) is 10.2. The molecular weight excluding hydrogens is 413 g/mol. The highest BCUT2D eigenvalue weighted by atomic mass is 35.5. The molecule has 2 amide bonds. The summed E-state index contributed by atoms with van der Waals surface area (Å²) in [5.41, 5.74) is 4.88. The first kappa shape index (κ1) is 19.6. The number of hydrogen-bond donors (Lipinski definition) is 2. The number of fused-ring (bicyclic) bond motifs is 3. The molecule has 2 heterocycles. The van der Waals surface area contributed by atoms with Crippen LogP contribution in [0.1, 0.15) is 28.4 Å². The smallest absolute Gasteiger partial charge is 0.322 e. The lowest BCUT2D eigenvalue weighted by molar-refractivity contribution is 0.192. The fraction of sp³-hybridized carbons (Fsp3) is 0.160. The van der Waals surface area contributed by atoms with Gasteiger partial charge in [-0.3, -0.25) is 0 Å². The van der Waals surface area contributed by atoms with Crippen molar-refractivity contribution in [1.29, 1.82) is 0 Å². The van der Waals surface area contributed by atoms with E-state index in [0.717, 1.165) is 27.7 Å². The summed E-state index contributed by atoms with van der Waals surface area (Å²) in [5.74, 6) is -0.337. The van der Waals surface area contributed by atoms with E-state index in [2.05, 4.69) is 16.4 Å². The molecule has 1 atom stereocenters. The molecule has 1 aliphatic rings. The van der Waals surface area contributed by atoms with E-state index in [-0.39, 0.29) is 11.8 Å². The number of carbonyl (C=O) groups is 1. The molecule has 3 aromatic carbocycles. The molecule has 31 heavy (non-hydrogen) atoms. The van der Waals surface area contributed by atoms with Crippen LogP contribution in [0, 0.1) is 12.7 Å². The maximum atomic E-state index is 14.9. The summed E-state index contributed by atoms with van der Waals surface area (Å²) >= 11 is 6.22. The molecule has 0 bridgehead atoms. The van der Waals surface area contributed by atoms with E-state index in [9.17, 15) is 9.18 Å². The van der Waals surface area contributed by atoms with Crippen LogP contribution < -0.4 is 5.32 Å². The number of urea groups is 1. The van der Waals surface area contributed by atoms with Gasteiger partial charge in [0, 0.05) is 39.4 Å². The van der Waals surface area contributed by atoms with Crippen molar-refractivity contribution >= 4 is 34.2 Å². The van der Waals surface area contributed by atoms with E-state index in [0.29, 0.717) is 29.2 Å². The van der Waals surface area contributed by atoms with Crippen LogP contribution in [0.15, 0.2) is 66.7 Å². The molecule has 6 heteroatoms. The third kappa shape index (κ3) is 3.35. The third-order valence-electron chi connectivity index (χ3n) is 6.00. The van der Waals surface area contributed by atoms with Crippen molar-refractivity contribution in [3.63, 3.8) is 0 Å². The minimum absolute atomic E-state index is 0.289. The minimum Gasteiger partial charge on any atom is -0.356 e. The number of halogens is 2. The normalized spacial score (nSPS) is 15.7. The molecule has 1 aromatic heterocycles. The number of hydrogen-bond acceptors (Lipinski definition) is 1. The van der Waals surface area contributed by atoms with Gasteiger partial charge in [-0.1, -0.05) is 54.1 Å². The van der Waals surface area contributed by atoms with Gasteiger partial charge in [0.2, 0.25) is 0 Å². The van der Waals surface area contributed by atoms with E-state index in [4.69, 9.17) is 11.6 Å². The topological polar surface area (TPSA) is 48.1 Å². The summed E-state index contributed by atoms with van der Waals surface area (Å²) in [5, 5.41) is 4.67. The first-order valence-corrected chi connectivity index (χ1v) is 10.6. The average molecular weight is 434 g/mol. The highest BCUT2D eigenvalue weighted by Gasteiger charge is 2.36. The number of H-pyrrole nitrogens is 1. The van der Waals surface area contributed by atoms with E-state index in [1.807, 2.05) is 31.2 Å². The standard InChI is InChI=1S/C25H21ClFN3O/c1-15-19(26)9-6-12-21(15)29-25(31)30-14-13-17-16-7-3-5-11-22(16)28-23(17)24(30)18-8-2-4-10-20(18)27/h2-12,24,28H,13-14H2,1H3,(H,29,31). The summed E-state index contributed by atoms with van der Waals surface area (Å²) in [6, 6.07) is 19.2. The molecule has 1 unspecified atom stereocenters. The molecule has 156 valence electrons. The predicted molar refractivity (Wildman–Crippen MR) is 122 cm³/mol. The lowest BCUT2D eigenvalue weighted by Crippen LogP contribution is -2.43. The van der Waals surface area contributed by atoms with Crippen molar-refractivity contribution in [3.8, 4) is 0 Å². The van der Waals surface area contributed by atoms with Gasteiger partial charge in [0.05, 0.1) is 0 Å². The first-order chi connectivity index (χ1) is 15.0. The van der Waals surface area contributed by atoms with Gasteiger partial charge in [0.15, 0.2) is 0 Å². The van der Waals surface area contributed by atoms with E-state index >= 15 is 0 Å². The highest BCUT2D eigenvalue weighted by Crippen LogP contribution is 2.39. The van der Waals surface area contributed by atoms with Gasteiger partial charge in [-0.15, -0.1) is 0 Å². The molecule has 0 aliphatic carbocycles. The average Bonchev–Trinajstić information content (AvgIpc) is 3.15. The number of para-hydroxylation sites is 1. The van der Waals surface area contributed by atoms with Crippen molar-refractivity contribution in [2.45, 2.75) is 19.4 Å². The zero-order valence-corrected chi connectivity index (χ0v) is 17.7. The number of benzene rings is 3. The molecule has 0 saturated heterocycles. The Bertz CT molecular complexity index is 1300. The molecule has 4 nitrogen and oxygen atoms in total. The zero-order valence-electron chi connectivity index (χ0n) is 17.0. The van der Waals surface area contributed by atoms with Crippen molar-refractivity contribution in [2.24, 2.45) is 0 Å². The van der Waals surface area contributed by atoms with Gasteiger partial charge in [-0.05, 0) is 48.7 Å². The summed E-state index contributed by atoms with van der Waals surface area (Å²) < 4.78 is 14.9. The fourth-order valence-electron chi connectivity index (χ4n) is 4.41. The van der Waals surface area contributed by atoms with Gasteiger partial charge in [-0.25, -0.2) is 9.18 Å². The fourth-order valence-corrected chi connectivity index (χ4v) is 4.58. The van der Waals surface area contributed by atoms with E-state index in [1.165, 1.54) is 6.07 Å². The summed E-state index contributed by atoms with van der Waals surface area (Å²) in [4.78, 5) is 18.5. The van der Waals surface area contributed by atoms with Crippen molar-refractivity contribution in [3.05, 3.63) is 100.0 Å². The minimum atomic E-state index is -0.558. The van der Waals surface area contributed by atoms with Crippen LogP contribution in [0.2, 0.25) is 5.02 Å². The number of carbonyl (C=O) groups excluding carboxylic acids is 1. The predicted octanol–water partition coefficient (Wildman–Crippen LogP) is 6.45. The van der Waals surface area contributed by atoms with Crippen LogP contribution >= 0.6 is 11.6 Å². The number of amides is 2. The second-order valence-corrected chi connectivity index (χ2v) is 8.18. The Balaban J connectivity index is 1.60. The van der Waals surface area contributed by atoms with Gasteiger partial charge in [-0.2, -0.15) is 0 Å². The second kappa shape index (κ2) is 7.75. The summed E-state index contributed by atoms with van der Waals surface area (Å²) in [6.45, 7) is 2.33. The van der Waals surface area contributed by atoms with Crippen LogP contribution in [-0.4, -0.2) is 22.5 Å². The number of anilines is 1. The molecule has 0 spiro atoms. The van der Waals surface area contributed by atoms with Crippen molar-refractivity contribution < 1.29 is 9.18 Å². The van der Waals surface area contributed by atoms with Gasteiger partial charge in [0.1, 0.15) is 11.9 Å². The Morgan fingerprint density at radius 2 is 1.87 bits per heavy atom. The van der Waals surface area contributed by atoms with Gasteiger partial charge < -0.3 is 15.2 Å². The van der Waals surface area contributed by atoms with Crippen LogP contribution in [0.4, 0.5) is 14.9 Å². The molecule has 1 aliphatic heterocycles. The van der Waals surface area contributed by atoms with Crippen LogP contribution in [0.3, 0.4) is 0 Å².